The molecule has 0 fully saturated rings. The summed E-state index contributed by atoms with van der Waals surface area (Å²) in [6.07, 6.45) is 7.37. The van der Waals surface area contributed by atoms with Crippen LogP contribution < -0.4 is 0 Å². The van der Waals surface area contributed by atoms with Gasteiger partial charge in [0.25, 0.3) is 0 Å². The molecule has 0 aliphatic heterocycles. The van der Waals surface area contributed by atoms with E-state index in [0.29, 0.717) is 0 Å². The third-order valence-electron chi connectivity index (χ3n) is 2.31. The van der Waals surface area contributed by atoms with Crippen molar-refractivity contribution in [3.8, 4) is 11.1 Å². The Hall–Kier alpha value is -1.62. The van der Waals surface area contributed by atoms with Crippen LogP contribution in [0.25, 0.3) is 22.2 Å². The van der Waals surface area contributed by atoms with Crippen molar-refractivity contribution in [1.29, 1.82) is 0 Å². The molecule has 3 aromatic rings. The lowest BCUT2D eigenvalue weighted by molar-refractivity contribution is 1.09. The number of hydrogen-bond acceptors (Lipinski definition) is 2. The van der Waals surface area contributed by atoms with Gasteiger partial charge in [-0.1, -0.05) is 0 Å². The van der Waals surface area contributed by atoms with Gasteiger partial charge in [0.2, 0.25) is 0 Å². The highest BCUT2D eigenvalue weighted by Crippen LogP contribution is 2.28. The minimum absolute atomic E-state index is 0.884. The summed E-state index contributed by atoms with van der Waals surface area (Å²) in [5.74, 6) is 0. The molecule has 0 unspecified atom stereocenters. The molecule has 0 aliphatic rings. The zero-order valence-electron chi connectivity index (χ0n) is 7.66. The van der Waals surface area contributed by atoms with Gasteiger partial charge in [-0.2, -0.15) is 5.10 Å². The van der Waals surface area contributed by atoms with Crippen molar-refractivity contribution < 1.29 is 0 Å². The monoisotopic (exact) mass is 262 g/mol. The molecule has 15 heavy (non-hydrogen) atoms. The average molecular weight is 263 g/mol. The Bertz CT molecular complexity index is 597. The second-order valence-corrected chi connectivity index (χ2v) is 4.15. The molecule has 0 amide bonds. The van der Waals surface area contributed by atoms with E-state index in [4.69, 9.17) is 0 Å². The highest BCUT2D eigenvalue weighted by atomic mass is 79.9. The number of H-pyrrole nitrogens is 2. The van der Waals surface area contributed by atoms with Gasteiger partial charge in [0, 0.05) is 39.6 Å². The zero-order chi connectivity index (χ0) is 10.3. The summed E-state index contributed by atoms with van der Waals surface area (Å²) in [5.41, 5.74) is 3.04. The number of halogens is 1. The lowest BCUT2D eigenvalue weighted by atomic mass is 10.1. The molecule has 74 valence electrons. The van der Waals surface area contributed by atoms with Gasteiger partial charge in [-0.3, -0.25) is 5.10 Å². The Balaban J connectivity index is 2.32. The Morgan fingerprint density at radius 3 is 2.93 bits per heavy atom. The molecular weight excluding hydrogens is 256 g/mol. The fourth-order valence-electron chi connectivity index (χ4n) is 1.61. The standard InChI is InChI=1S/C10H7BrN4/c11-7-1-8-9(6-2-14-15-3-6)5-13-10(8)12-4-7/h1-5H,(H,12,13)(H,14,15). The Morgan fingerprint density at radius 2 is 2.13 bits per heavy atom. The highest BCUT2D eigenvalue weighted by molar-refractivity contribution is 9.10. The summed E-state index contributed by atoms with van der Waals surface area (Å²) < 4.78 is 0.972. The molecule has 2 N–H and O–H groups in total. The number of aromatic amines is 2. The molecule has 0 aliphatic carbocycles. The molecule has 0 saturated heterocycles. The molecule has 0 saturated carbocycles. The average Bonchev–Trinajstić information content (AvgIpc) is 2.83. The van der Waals surface area contributed by atoms with E-state index in [9.17, 15) is 0 Å². The van der Waals surface area contributed by atoms with E-state index in [-0.39, 0.29) is 0 Å². The van der Waals surface area contributed by atoms with Crippen LogP contribution in [0.5, 0.6) is 0 Å². The molecule has 0 spiro atoms. The second-order valence-electron chi connectivity index (χ2n) is 3.24. The van der Waals surface area contributed by atoms with Crippen molar-refractivity contribution in [3.05, 3.63) is 35.3 Å². The summed E-state index contributed by atoms with van der Waals surface area (Å²) in [5, 5.41) is 7.83. The molecular formula is C10H7BrN4. The smallest absolute Gasteiger partial charge is 0.137 e. The minimum atomic E-state index is 0.884. The molecule has 5 heteroatoms. The van der Waals surface area contributed by atoms with Crippen molar-refractivity contribution in [2.45, 2.75) is 0 Å². The van der Waals surface area contributed by atoms with E-state index in [0.717, 1.165) is 26.6 Å². The summed E-state index contributed by atoms with van der Waals surface area (Å²) >= 11 is 3.41. The van der Waals surface area contributed by atoms with E-state index < -0.39 is 0 Å². The number of nitrogens with zero attached hydrogens (tertiary/aromatic N) is 2. The molecule has 0 aromatic carbocycles. The van der Waals surface area contributed by atoms with Gasteiger partial charge >= 0.3 is 0 Å². The summed E-state index contributed by atoms with van der Waals surface area (Å²) in [7, 11) is 0. The Kier molecular flexibility index (Phi) is 1.85. The van der Waals surface area contributed by atoms with Crippen LogP contribution in [0.3, 0.4) is 0 Å². The molecule has 3 rings (SSSR count). The largest absolute Gasteiger partial charge is 0.346 e. The second kappa shape index (κ2) is 3.20. The van der Waals surface area contributed by atoms with Gasteiger partial charge in [-0.05, 0) is 22.0 Å². The van der Waals surface area contributed by atoms with Gasteiger partial charge in [0.15, 0.2) is 0 Å². The maximum Gasteiger partial charge on any atom is 0.137 e. The van der Waals surface area contributed by atoms with Gasteiger partial charge in [-0.25, -0.2) is 4.98 Å². The van der Waals surface area contributed by atoms with Crippen LogP contribution in [0, 0.1) is 0 Å². The van der Waals surface area contributed by atoms with Gasteiger partial charge in [0.1, 0.15) is 5.65 Å². The van der Waals surface area contributed by atoms with Crippen LogP contribution >= 0.6 is 15.9 Å². The summed E-state index contributed by atoms with van der Waals surface area (Å²) in [4.78, 5) is 7.41. The summed E-state index contributed by atoms with van der Waals surface area (Å²) in [6, 6.07) is 2.04. The molecule has 4 nitrogen and oxygen atoms in total. The first-order valence-corrected chi connectivity index (χ1v) is 5.25. The van der Waals surface area contributed by atoms with Crippen molar-refractivity contribution in [2.24, 2.45) is 0 Å². The van der Waals surface area contributed by atoms with Crippen molar-refractivity contribution in [2.75, 3.05) is 0 Å². The van der Waals surface area contributed by atoms with Crippen LogP contribution in [0.4, 0.5) is 0 Å². The van der Waals surface area contributed by atoms with Gasteiger partial charge in [-0.15, -0.1) is 0 Å². The SMILES string of the molecule is Brc1cnc2[nH]cc(-c3cn[nH]c3)c2c1. The number of aromatic nitrogens is 4. The van der Waals surface area contributed by atoms with Crippen LogP contribution in [0.15, 0.2) is 35.3 Å². The first-order valence-electron chi connectivity index (χ1n) is 4.46. The topological polar surface area (TPSA) is 57.4 Å². The number of hydrogen-bond donors (Lipinski definition) is 2. The van der Waals surface area contributed by atoms with Crippen molar-refractivity contribution in [3.63, 3.8) is 0 Å². The number of pyridine rings is 1. The quantitative estimate of drug-likeness (QED) is 0.709. The third-order valence-corrected chi connectivity index (χ3v) is 2.74. The molecule has 0 radical (unpaired) electrons. The predicted molar refractivity (Wildman–Crippen MR) is 61.4 cm³/mol. The Labute approximate surface area is 93.9 Å². The molecule has 3 heterocycles. The maximum atomic E-state index is 4.28. The first kappa shape index (κ1) is 8.67. The van der Waals surface area contributed by atoms with E-state index in [1.54, 1.807) is 12.4 Å². The number of rotatable bonds is 1. The van der Waals surface area contributed by atoms with E-state index in [1.165, 1.54) is 0 Å². The fraction of sp³-hybridized carbons (Fsp3) is 0. The molecule has 0 bridgehead atoms. The Morgan fingerprint density at radius 1 is 1.20 bits per heavy atom. The molecule has 3 aromatic heterocycles. The normalized spacial score (nSPS) is 11.0. The van der Waals surface area contributed by atoms with Crippen LogP contribution in [-0.2, 0) is 0 Å². The van der Waals surface area contributed by atoms with Gasteiger partial charge < -0.3 is 4.98 Å². The summed E-state index contributed by atoms with van der Waals surface area (Å²) in [6.45, 7) is 0. The van der Waals surface area contributed by atoms with E-state index in [2.05, 4.69) is 36.1 Å². The number of nitrogens with one attached hydrogen (secondary N) is 2. The van der Waals surface area contributed by atoms with Crippen LogP contribution in [0.2, 0.25) is 0 Å². The zero-order valence-corrected chi connectivity index (χ0v) is 9.25. The van der Waals surface area contributed by atoms with Crippen molar-refractivity contribution >= 4 is 27.0 Å². The van der Waals surface area contributed by atoms with Crippen LogP contribution in [-0.4, -0.2) is 20.2 Å². The third kappa shape index (κ3) is 1.35. The lowest BCUT2D eigenvalue weighted by Gasteiger charge is -1.94. The highest BCUT2D eigenvalue weighted by Gasteiger charge is 2.07. The van der Waals surface area contributed by atoms with Crippen molar-refractivity contribution in [1.82, 2.24) is 20.2 Å². The predicted octanol–water partition coefficient (Wildman–Crippen LogP) is 2.72. The van der Waals surface area contributed by atoms with Gasteiger partial charge in [0.05, 0.1) is 6.20 Å². The molecule has 0 atom stereocenters. The first-order chi connectivity index (χ1) is 7.34. The fourth-order valence-corrected chi connectivity index (χ4v) is 1.95. The minimum Gasteiger partial charge on any atom is -0.346 e. The van der Waals surface area contributed by atoms with E-state index >= 15 is 0 Å². The van der Waals surface area contributed by atoms with Crippen LogP contribution in [0.1, 0.15) is 0 Å². The van der Waals surface area contributed by atoms with E-state index in [1.807, 2.05) is 18.5 Å². The maximum absolute atomic E-state index is 4.28. The number of fused-ring (bicyclic) bond motifs is 1. The lowest BCUT2D eigenvalue weighted by Crippen LogP contribution is -1.76.